The number of nitrogens with one attached hydrogen (secondary N) is 1. The number of fused-ring (bicyclic) bond motifs is 1. The molecular formula is C35H39N3O. The van der Waals surface area contributed by atoms with Gasteiger partial charge in [0.2, 0.25) is 0 Å². The quantitative estimate of drug-likeness (QED) is 0.202. The van der Waals surface area contributed by atoms with Gasteiger partial charge in [-0.2, -0.15) is 0 Å². The Bertz CT molecular complexity index is 1450. The lowest BCUT2D eigenvalue weighted by Crippen LogP contribution is -2.22. The van der Waals surface area contributed by atoms with Crippen LogP contribution in [0.25, 0.3) is 16.5 Å². The minimum atomic E-state index is 0.576. The molecule has 4 heteroatoms. The summed E-state index contributed by atoms with van der Waals surface area (Å²) in [5.74, 6) is 0.898. The molecule has 0 atom stereocenters. The van der Waals surface area contributed by atoms with Gasteiger partial charge in [0.25, 0.3) is 0 Å². The molecule has 0 aliphatic carbocycles. The summed E-state index contributed by atoms with van der Waals surface area (Å²) < 4.78 is 5.92. The molecule has 0 saturated carbocycles. The van der Waals surface area contributed by atoms with Crippen molar-refractivity contribution < 1.29 is 4.74 Å². The maximum absolute atomic E-state index is 5.92. The summed E-state index contributed by atoms with van der Waals surface area (Å²) in [5.41, 5.74) is 7.28. The van der Waals surface area contributed by atoms with Crippen LogP contribution < -0.4 is 4.74 Å². The van der Waals surface area contributed by atoms with E-state index in [0.29, 0.717) is 6.61 Å². The Kier molecular flexibility index (Phi) is 9.96. The van der Waals surface area contributed by atoms with E-state index in [9.17, 15) is 0 Å². The van der Waals surface area contributed by atoms with Gasteiger partial charge in [-0.1, -0.05) is 99.3 Å². The van der Waals surface area contributed by atoms with Crippen molar-refractivity contribution in [2.75, 3.05) is 6.54 Å². The van der Waals surface area contributed by atoms with E-state index < -0.39 is 0 Å². The molecule has 1 heterocycles. The van der Waals surface area contributed by atoms with Crippen molar-refractivity contribution >= 4 is 16.5 Å². The molecule has 0 spiro atoms. The molecule has 0 aliphatic heterocycles. The lowest BCUT2D eigenvalue weighted by Gasteiger charge is -2.28. The van der Waals surface area contributed by atoms with Gasteiger partial charge in [-0.05, 0) is 59.4 Å². The number of hydrogen-bond donors (Lipinski definition) is 1. The number of benzene rings is 4. The van der Waals surface area contributed by atoms with Crippen LogP contribution in [-0.2, 0) is 19.6 Å². The van der Waals surface area contributed by atoms with E-state index in [-0.39, 0.29) is 0 Å². The van der Waals surface area contributed by atoms with Crippen LogP contribution in [0.5, 0.6) is 5.75 Å². The summed E-state index contributed by atoms with van der Waals surface area (Å²) in [6.45, 7) is 13.4. The van der Waals surface area contributed by atoms with Crippen LogP contribution in [0.2, 0.25) is 0 Å². The van der Waals surface area contributed by atoms with E-state index >= 15 is 0 Å². The Morgan fingerprint density at radius 2 is 1.69 bits per heavy atom. The minimum Gasteiger partial charge on any atom is -0.489 e. The monoisotopic (exact) mass is 517 g/mol. The zero-order valence-corrected chi connectivity index (χ0v) is 23.4. The van der Waals surface area contributed by atoms with Gasteiger partial charge >= 0.3 is 0 Å². The second-order valence-electron chi connectivity index (χ2n) is 9.69. The molecule has 39 heavy (non-hydrogen) atoms. The third kappa shape index (κ3) is 7.61. The summed E-state index contributed by atoms with van der Waals surface area (Å²) in [7, 11) is 0. The van der Waals surface area contributed by atoms with E-state index in [1.807, 2.05) is 36.5 Å². The Balaban J connectivity index is 0.000000438. The van der Waals surface area contributed by atoms with Gasteiger partial charge < -0.3 is 14.6 Å². The van der Waals surface area contributed by atoms with Crippen LogP contribution >= 0.6 is 0 Å². The number of aryl methyl sites for hydroxylation is 2. The maximum atomic E-state index is 5.92. The molecular weight excluding hydrogens is 478 g/mol. The highest BCUT2D eigenvalue weighted by Gasteiger charge is 2.14. The molecule has 0 amide bonds. The maximum Gasteiger partial charge on any atom is 0.119 e. The number of H-pyrrole nitrogens is 1. The number of aromatic amines is 1. The molecule has 0 fully saturated rings. The minimum absolute atomic E-state index is 0.576. The molecule has 1 aromatic heterocycles. The highest BCUT2D eigenvalue weighted by molar-refractivity contribution is 5.93. The van der Waals surface area contributed by atoms with Crippen molar-refractivity contribution in [3.63, 3.8) is 0 Å². The van der Waals surface area contributed by atoms with Crippen molar-refractivity contribution in [1.82, 2.24) is 14.9 Å². The van der Waals surface area contributed by atoms with E-state index in [4.69, 9.17) is 4.74 Å². The molecule has 200 valence electrons. The highest BCUT2D eigenvalue weighted by atomic mass is 16.5. The Morgan fingerprint density at radius 3 is 2.38 bits per heavy atom. The fourth-order valence-corrected chi connectivity index (χ4v) is 4.62. The largest absolute Gasteiger partial charge is 0.489 e. The average molecular weight is 518 g/mol. The van der Waals surface area contributed by atoms with Crippen molar-refractivity contribution in [2.24, 2.45) is 0 Å². The van der Waals surface area contributed by atoms with Crippen molar-refractivity contribution in [3.8, 4) is 5.75 Å². The molecule has 0 saturated heterocycles. The SMILES string of the molecule is C=C(c1cccc2ccccc12)N(CCC)Cc1ccc(COc2ccccc2)cc1C.CCc1cnc[nH]1. The van der Waals surface area contributed by atoms with Crippen LogP contribution in [0.3, 0.4) is 0 Å². The van der Waals surface area contributed by atoms with Crippen LogP contribution in [-0.4, -0.2) is 21.4 Å². The summed E-state index contributed by atoms with van der Waals surface area (Å²) in [6.07, 6.45) is 5.64. The van der Waals surface area contributed by atoms with E-state index in [1.54, 1.807) is 6.33 Å². The third-order valence-corrected chi connectivity index (χ3v) is 6.83. The number of aromatic nitrogens is 2. The average Bonchev–Trinajstić information content (AvgIpc) is 3.51. The fourth-order valence-electron chi connectivity index (χ4n) is 4.62. The number of para-hydroxylation sites is 1. The van der Waals surface area contributed by atoms with E-state index in [1.165, 1.54) is 38.7 Å². The molecule has 1 N–H and O–H groups in total. The molecule has 0 aliphatic rings. The third-order valence-electron chi connectivity index (χ3n) is 6.83. The van der Waals surface area contributed by atoms with Gasteiger partial charge in [0.1, 0.15) is 12.4 Å². The van der Waals surface area contributed by atoms with Crippen molar-refractivity contribution in [1.29, 1.82) is 0 Å². The summed E-state index contributed by atoms with van der Waals surface area (Å²) in [4.78, 5) is 9.22. The second-order valence-corrected chi connectivity index (χ2v) is 9.69. The summed E-state index contributed by atoms with van der Waals surface area (Å²) in [5, 5.41) is 2.51. The van der Waals surface area contributed by atoms with Crippen LogP contribution in [0.15, 0.2) is 110 Å². The number of nitrogens with zero attached hydrogens (tertiary/aromatic N) is 2. The Morgan fingerprint density at radius 1 is 0.923 bits per heavy atom. The number of rotatable bonds is 10. The zero-order valence-electron chi connectivity index (χ0n) is 23.4. The van der Waals surface area contributed by atoms with Gasteiger partial charge in [-0.25, -0.2) is 4.98 Å². The first kappa shape index (κ1) is 27.7. The Labute approximate surface area is 233 Å². The summed E-state index contributed by atoms with van der Waals surface area (Å²) in [6, 6.07) is 31.6. The van der Waals surface area contributed by atoms with Crippen molar-refractivity contribution in [3.05, 3.63) is 138 Å². The lowest BCUT2D eigenvalue weighted by atomic mass is 10.0. The molecule has 4 nitrogen and oxygen atoms in total. The number of imidazole rings is 1. The van der Waals surface area contributed by atoms with Crippen molar-refractivity contribution in [2.45, 2.75) is 46.8 Å². The molecule has 0 unspecified atom stereocenters. The van der Waals surface area contributed by atoms with Gasteiger partial charge in [-0.3, -0.25) is 0 Å². The van der Waals surface area contributed by atoms with E-state index in [0.717, 1.165) is 37.4 Å². The second kappa shape index (κ2) is 14.0. The van der Waals surface area contributed by atoms with Crippen LogP contribution in [0.1, 0.15) is 48.2 Å². The molecule has 4 aromatic carbocycles. The molecule has 5 aromatic rings. The standard InChI is InChI=1S/C30H31NO.C5H8N2/c1-4-19-31(24(3)29-16-10-12-26-11-8-9-15-30(26)29)21-27-18-17-25(20-23(27)2)22-32-28-13-6-5-7-14-28;1-2-5-3-6-4-7-5/h5-18,20H,3-4,19,21-22H2,1-2H3;3-4H,2H2,1H3,(H,6,7). The van der Waals surface area contributed by atoms with E-state index in [2.05, 4.69) is 103 Å². The molecule has 5 rings (SSSR count). The topological polar surface area (TPSA) is 41.1 Å². The predicted octanol–water partition coefficient (Wildman–Crippen LogP) is 8.58. The number of hydrogen-bond acceptors (Lipinski definition) is 3. The zero-order chi connectivity index (χ0) is 27.5. The smallest absolute Gasteiger partial charge is 0.119 e. The first-order valence-corrected chi connectivity index (χ1v) is 13.7. The predicted molar refractivity (Wildman–Crippen MR) is 164 cm³/mol. The van der Waals surface area contributed by atoms with Crippen LogP contribution in [0.4, 0.5) is 0 Å². The lowest BCUT2D eigenvalue weighted by molar-refractivity contribution is 0.306. The normalized spacial score (nSPS) is 10.5. The Hall–Kier alpha value is -4.31. The van der Waals surface area contributed by atoms with Crippen LogP contribution in [0, 0.1) is 6.92 Å². The first-order chi connectivity index (χ1) is 19.1. The van der Waals surface area contributed by atoms with Gasteiger partial charge in [0.15, 0.2) is 0 Å². The summed E-state index contributed by atoms with van der Waals surface area (Å²) >= 11 is 0. The van der Waals surface area contributed by atoms with Gasteiger partial charge in [-0.15, -0.1) is 0 Å². The molecule has 0 radical (unpaired) electrons. The molecule has 0 bridgehead atoms. The number of ether oxygens (including phenoxy) is 1. The highest BCUT2D eigenvalue weighted by Crippen LogP contribution is 2.28. The van der Waals surface area contributed by atoms with Gasteiger partial charge in [0.05, 0.1) is 6.33 Å². The van der Waals surface area contributed by atoms with Gasteiger partial charge in [0, 0.05) is 36.2 Å². The fraction of sp³-hybridized carbons (Fsp3) is 0.229. The first-order valence-electron chi connectivity index (χ1n) is 13.7.